The predicted octanol–water partition coefficient (Wildman–Crippen LogP) is 1.59. The van der Waals surface area contributed by atoms with Gasteiger partial charge in [0, 0.05) is 6.54 Å². The minimum atomic E-state index is 0.104. The number of methoxy groups -OCH3 is 1. The largest absolute Gasteiger partial charge is 0.497 e. The first-order chi connectivity index (χ1) is 8.74. The maximum absolute atomic E-state index is 8.80. The van der Waals surface area contributed by atoms with E-state index >= 15 is 0 Å². The summed E-state index contributed by atoms with van der Waals surface area (Å²) in [6.07, 6.45) is 1.91. The Morgan fingerprint density at radius 3 is 2.67 bits per heavy atom. The van der Waals surface area contributed by atoms with Gasteiger partial charge in [0.15, 0.2) is 0 Å². The van der Waals surface area contributed by atoms with Gasteiger partial charge in [-0.3, -0.25) is 0 Å². The van der Waals surface area contributed by atoms with Crippen molar-refractivity contribution >= 4 is 5.69 Å². The van der Waals surface area contributed by atoms with Crippen LogP contribution in [0.3, 0.4) is 0 Å². The van der Waals surface area contributed by atoms with Gasteiger partial charge in [0.2, 0.25) is 0 Å². The zero-order chi connectivity index (χ0) is 13.0. The lowest BCUT2D eigenvalue weighted by Gasteiger charge is -2.03. The summed E-state index contributed by atoms with van der Waals surface area (Å²) in [6, 6.07) is 7.68. The molecule has 96 valence electrons. The van der Waals surface area contributed by atoms with Crippen molar-refractivity contribution in [2.75, 3.05) is 25.6 Å². The molecule has 0 aliphatic carbocycles. The number of benzene rings is 1. The molecular weight excluding hydrogens is 230 g/mol. The zero-order valence-electron chi connectivity index (χ0n) is 10.6. The topological polar surface area (TPSA) is 59.3 Å². The Labute approximate surface area is 106 Å². The summed E-state index contributed by atoms with van der Waals surface area (Å²) >= 11 is 0. The molecule has 2 rings (SSSR count). The van der Waals surface area contributed by atoms with E-state index in [0.29, 0.717) is 6.54 Å². The molecule has 18 heavy (non-hydrogen) atoms. The highest BCUT2D eigenvalue weighted by Gasteiger charge is 2.05. The van der Waals surface area contributed by atoms with Crippen molar-refractivity contribution in [3.63, 3.8) is 0 Å². The van der Waals surface area contributed by atoms with Gasteiger partial charge in [0.25, 0.3) is 0 Å². The molecule has 0 saturated carbocycles. The number of aliphatic hydroxyl groups is 1. The fraction of sp³-hybridized carbons (Fsp3) is 0.308. The third kappa shape index (κ3) is 2.62. The molecule has 5 heteroatoms. The fourth-order valence-corrected chi connectivity index (χ4v) is 1.69. The van der Waals surface area contributed by atoms with E-state index in [0.717, 1.165) is 22.8 Å². The molecule has 2 N–H and O–H groups in total. The highest BCUT2D eigenvalue weighted by atomic mass is 16.5. The number of aryl methyl sites for hydroxylation is 1. The molecule has 0 amide bonds. The van der Waals surface area contributed by atoms with Gasteiger partial charge < -0.3 is 15.2 Å². The molecule has 1 aromatic heterocycles. The second-order valence-electron chi connectivity index (χ2n) is 3.92. The first-order valence-electron chi connectivity index (χ1n) is 5.80. The van der Waals surface area contributed by atoms with E-state index < -0.39 is 0 Å². The highest BCUT2D eigenvalue weighted by Crippen LogP contribution is 2.18. The maximum Gasteiger partial charge on any atom is 0.119 e. The summed E-state index contributed by atoms with van der Waals surface area (Å²) in [5.41, 5.74) is 2.80. The van der Waals surface area contributed by atoms with Crippen LogP contribution in [0.2, 0.25) is 0 Å². The van der Waals surface area contributed by atoms with E-state index in [2.05, 4.69) is 10.4 Å². The minimum absolute atomic E-state index is 0.104. The quantitative estimate of drug-likeness (QED) is 0.842. The normalized spacial score (nSPS) is 10.4. The number of hydrogen-bond donors (Lipinski definition) is 2. The van der Waals surface area contributed by atoms with Crippen LogP contribution in [0.15, 0.2) is 30.5 Å². The minimum Gasteiger partial charge on any atom is -0.497 e. The molecule has 1 heterocycles. The SMILES string of the molecule is COc1ccc(-n2cc(NCCO)c(C)n2)cc1. The number of aromatic nitrogens is 2. The lowest BCUT2D eigenvalue weighted by molar-refractivity contribution is 0.311. The van der Waals surface area contributed by atoms with Crippen molar-refractivity contribution in [2.24, 2.45) is 0 Å². The highest BCUT2D eigenvalue weighted by molar-refractivity contribution is 5.48. The van der Waals surface area contributed by atoms with E-state index in [1.807, 2.05) is 37.4 Å². The molecule has 2 aromatic rings. The summed E-state index contributed by atoms with van der Waals surface area (Å²) in [4.78, 5) is 0. The van der Waals surface area contributed by atoms with E-state index in [9.17, 15) is 0 Å². The number of ether oxygens (including phenoxy) is 1. The van der Waals surface area contributed by atoms with Gasteiger partial charge in [-0.2, -0.15) is 5.10 Å². The average molecular weight is 247 g/mol. The lowest BCUT2D eigenvalue weighted by atomic mass is 10.3. The number of rotatable bonds is 5. The number of hydrogen-bond acceptors (Lipinski definition) is 4. The molecule has 0 spiro atoms. The Bertz CT molecular complexity index is 505. The van der Waals surface area contributed by atoms with Gasteiger partial charge >= 0.3 is 0 Å². The van der Waals surface area contributed by atoms with E-state index in [1.165, 1.54) is 0 Å². The Balaban J connectivity index is 2.21. The first-order valence-corrected chi connectivity index (χ1v) is 5.80. The molecular formula is C13H17N3O2. The second kappa shape index (κ2) is 5.55. The van der Waals surface area contributed by atoms with Crippen LogP contribution < -0.4 is 10.1 Å². The summed E-state index contributed by atoms with van der Waals surface area (Å²) in [6.45, 7) is 2.56. The van der Waals surface area contributed by atoms with E-state index in [4.69, 9.17) is 9.84 Å². The van der Waals surface area contributed by atoms with Crippen LogP contribution in [0.5, 0.6) is 5.75 Å². The van der Waals surface area contributed by atoms with Gasteiger partial charge in [0.1, 0.15) is 5.75 Å². The van der Waals surface area contributed by atoms with Gasteiger partial charge in [-0.1, -0.05) is 0 Å². The Morgan fingerprint density at radius 1 is 1.33 bits per heavy atom. The molecule has 0 aliphatic heterocycles. The van der Waals surface area contributed by atoms with Crippen molar-refractivity contribution in [3.05, 3.63) is 36.2 Å². The van der Waals surface area contributed by atoms with Gasteiger partial charge in [-0.15, -0.1) is 0 Å². The summed E-state index contributed by atoms with van der Waals surface area (Å²) in [5.74, 6) is 0.821. The molecule has 0 saturated heterocycles. The van der Waals surface area contributed by atoms with E-state index in [-0.39, 0.29) is 6.61 Å². The van der Waals surface area contributed by atoms with Crippen molar-refractivity contribution in [3.8, 4) is 11.4 Å². The van der Waals surface area contributed by atoms with Gasteiger partial charge in [-0.05, 0) is 31.2 Å². The maximum atomic E-state index is 8.80. The summed E-state index contributed by atoms with van der Waals surface area (Å²) in [7, 11) is 1.64. The molecule has 0 fully saturated rings. The molecule has 0 bridgehead atoms. The third-order valence-corrected chi connectivity index (χ3v) is 2.66. The zero-order valence-corrected chi connectivity index (χ0v) is 10.6. The monoisotopic (exact) mass is 247 g/mol. The van der Waals surface area contributed by atoms with Gasteiger partial charge in [0.05, 0.1) is 37.0 Å². The Kier molecular flexibility index (Phi) is 3.84. The molecule has 0 atom stereocenters. The number of aliphatic hydroxyl groups excluding tert-OH is 1. The number of anilines is 1. The van der Waals surface area contributed by atoms with Crippen LogP contribution in [0.4, 0.5) is 5.69 Å². The van der Waals surface area contributed by atoms with Crippen LogP contribution in [0.25, 0.3) is 5.69 Å². The molecule has 0 radical (unpaired) electrons. The third-order valence-electron chi connectivity index (χ3n) is 2.66. The smallest absolute Gasteiger partial charge is 0.119 e. The number of nitrogens with one attached hydrogen (secondary N) is 1. The van der Waals surface area contributed by atoms with Crippen molar-refractivity contribution in [2.45, 2.75) is 6.92 Å². The van der Waals surface area contributed by atoms with Crippen LogP contribution in [-0.2, 0) is 0 Å². The van der Waals surface area contributed by atoms with Crippen molar-refractivity contribution < 1.29 is 9.84 Å². The summed E-state index contributed by atoms with van der Waals surface area (Å²) in [5, 5.41) is 16.3. The van der Waals surface area contributed by atoms with Crippen molar-refractivity contribution in [1.29, 1.82) is 0 Å². The second-order valence-corrected chi connectivity index (χ2v) is 3.92. The standard InChI is InChI=1S/C13H17N3O2/c1-10-13(14-7-8-17)9-16(15-10)11-3-5-12(18-2)6-4-11/h3-6,9,14,17H,7-8H2,1-2H3. The van der Waals surface area contributed by atoms with Crippen molar-refractivity contribution in [1.82, 2.24) is 9.78 Å². The Morgan fingerprint density at radius 2 is 2.06 bits per heavy atom. The molecule has 5 nitrogen and oxygen atoms in total. The molecule has 0 aliphatic rings. The predicted molar refractivity (Wildman–Crippen MR) is 70.4 cm³/mol. The lowest BCUT2D eigenvalue weighted by Crippen LogP contribution is -2.05. The van der Waals surface area contributed by atoms with Crippen LogP contribution in [-0.4, -0.2) is 35.1 Å². The first kappa shape index (κ1) is 12.4. The van der Waals surface area contributed by atoms with Crippen LogP contribution in [0, 0.1) is 6.92 Å². The average Bonchev–Trinajstić information content (AvgIpc) is 2.78. The molecule has 1 aromatic carbocycles. The summed E-state index contributed by atoms with van der Waals surface area (Å²) < 4.78 is 6.92. The van der Waals surface area contributed by atoms with E-state index in [1.54, 1.807) is 11.8 Å². The van der Waals surface area contributed by atoms with Gasteiger partial charge in [-0.25, -0.2) is 4.68 Å². The van der Waals surface area contributed by atoms with Crippen LogP contribution in [0.1, 0.15) is 5.69 Å². The molecule has 0 unspecified atom stereocenters. The fourth-order valence-electron chi connectivity index (χ4n) is 1.69. The van der Waals surface area contributed by atoms with Crippen LogP contribution >= 0.6 is 0 Å². The number of nitrogens with zero attached hydrogens (tertiary/aromatic N) is 2. The Hall–Kier alpha value is -2.01.